The zero-order valence-corrected chi connectivity index (χ0v) is 19.7. The Bertz CT molecular complexity index is 1240. The van der Waals surface area contributed by atoms with Crippen LogP contribution in [0.1, 0.15) is 22.5 Å². The molecule has 3 aromatic rings. The zero-order valence-electron chi connectivity index (χ0n) is 18.1. The quantitative estimate of drug-likeness (QED) is 0.523. The van der Waals surface area contributed by atoms with E-state index in [2.05, 4.69) is 26.3 Å². The van der Waals surface area contributed by atoms with Crippen LogP contribution in [0.4, 0.5) is 11.4 Å². The highest BCUT2D eigenvalue weighted by atomic mass is 32.2. The molecular formula is C21H25N5O3S2. The number of anilines is 2. The number of thioether (sulfide) groups is 1. The summed E-state index contributed by atoms with van der Waals surface area (Å²) in [5, 5.41) is 11.8. The third-order valence-corrected chi connectivity index (χ3v) is 6.07. The fraction of sp³-hybridized carbons (Fsp3) is 0.286. The molecule has 0 radical (unpaired) electrons. The van der Waals surface area contributed by atoms with E-state index in [4.69, 9.17) is 0 Å². The molecule has 8 nitrogen and oxygen atoms in total. The van der Waals surface area contributed by atoms with Gasteiger partial charge in [-0.25, -0.2) is 8.42 Å². The molecule has 3 rings (SSSR count). The third-order valence-electron chi connectivity index (χ3n) is 4.55. The average Bonchev–Trinajstić information content (AvgIpc) is 3.04. The summed E-state index contributed by atoms with van der Waals surface area (Å²) in [5.41, 5.74) is 4.90. The minimum Gasteiger partial charge on any atom is -0.325 e. The van der Waals surface area contributed by atoms with Crippen molar-refractivity contribution in [2.45, 2.75) is 32.9 Å². The summed E-state index contributed by atoms with van der Waals surface area (Å²) < 4.78 is 27.4. The predicted molar refractivity (Wildman–Crippen MR) is 125 cm³/mol. The molecule has 0 aliphatic heterocycles. The number of hydrogen-bond acceptors (Lipinski definition) is 6. The molecule has 2 N–H and O–H groups in total. The minimum absolute atomic E-state index is 0.131. The molecule has 0 bridgehead atoms. The molecule has 0 unspecified atom stereocenters. The van der Waals surface area contributed by atoms with Gasteiger partial charge in [-0.2, -0.15) is 0 Å². The van der Waals surface area contributed by atoms with Crippen molar-refractivity contribution >= 4 is 39.1 Å². The monoisotopic (exact) mass is 459 g/mol. The van der Waals surface area contributed by atoms with Crippen LogP contribution >= 0.6 is 11.8 Å². The number of amides is 1. The maximum Gasteiger partial charge on any atom is 0.234 e. The van der Waals surface area contributed by atoms with E-state index < -0.39 is 10.0 Å². The minimum atomic E-state index is -3.41. The van der Waals surface area contributed by atoms with Gasteiger partial charge in [0.2, 0.25) is 15.9 Å². The van der Waals surface area contributed by atoms with Crippen molar-refractivity contribution < 1.29 is 13.2 Å². The molecular weight excluding hydrogens is 434 g/mol. The van der Waals surface area contributed by atoms with Crippen LogP contribution in [-0.4, -0.2) is 41.1 Å². The predicted octanol–water partition coefficient (Wildman–Crippen LogP) is 3.60. The number of aryl methyl sites for hydroxylation is 4. The molecule has 1 amide bonds. The number of carbonyl (C=O) groups is 1. The lowest BCUT2D eigenvalue weighted by Crippen LogP contribution is -2.16. The summed E-state index contributed by atoms with van der Waals surface area (Å²) in [6, 6.07) is 11.2. The van der Waals surface area contributed by atoms with E-state index in [0.717, 1.165) is 34.5 Å². The first-order valence-corrected chi connectivity index (χ1v) is 12.4. The van der Waals surface area contributed by atoms with Gasteiger partial charge in [0.25, 0.3) is 0 Å². The lowest BCUT2D eigenvalue weighted by molar-refractivity contribution is -0.113. The lowest BCUT2D eigenvalue weighted by atomic mass is 10.1. The number of benzene rings is 2. The molecule has 0 saturated carbocycles. The second-order valence-corrected chi connectivity index (χ2v) is 10.1. The largest absolute Gasteiger partial charge is 0.325 e. The molecule has 0 atom stereocenters. The topological polar surface area (TPSA) is 106 Å². The van der Waals surface area contributed by atoms with Crippen LogP contribution in [0.15, 0.2) is 41.6 Å². The summed E-state index contributed by atoms with van der Waals surface area (Å²) in [7, 11) is -3.41. The number of hydrogen-bond donors (Lipinski definition) is 2. The number of sulfonamides is 1. The highest BCUT2D eigenvalue weighted by Gasteiger charge is 2.15. The van der Waals surface area contributed by atoms with Crippen molar-refractivity contribution in [2.75, 3.05) is 22.0 Å². The molecule has 0 spiro atoms. The Morgan fingerprint density at radius 3 is 2.45 bits per heavy atom. The van der Waals surface area contributed by atoms with Gasteiger partial charge in [0.05, 0.1) is 23.4 Å². The van der Waals surface area contributed by atoms with E-state index in [0.29, 0.717) is 16.5 Å². The van der Waals surface area contributed by atoms with Crippen molar-refractivity contribution in [3.63, 3.8) is 0 Å². The van der Waals surface area contributed by atoms with E-state index in [1.54, 1.807) is 25.1 Å². The number of rotatable bonds is 7. The van der Waals surface area contributed by atoms with Crippen LogP contribution in [0.2, 0.25) is 0 Å². The SMILES string of the molecule is Cc1ccc(C)c(-n2c(C)nnc2SCC(=O)Nc2ccc(C)c(NS(C)(=O)=O)c2)c1. The molecule has 1 heterocycles. The molecule has 0 saturated heterocycles. The van der Waals surface area contributed by atoms with Gasteiger partial charge in [-0.05, 0) is 62.6 Å². The van der Waals surface area contributed by atoms with Crippen LogP contribution in [0.5, 0.6) is 0 Å². The second-order valence-electron chi connectivity index (χ2n) is 7.40. The van der Waals surface area contributed by atoms with Crippen LogP contribution in [0.3, 0.4) is 0 Å². The smallest absolute Gasteiger partial charge is 0.234 e. The Morgan fingerprint density at radius 2 is 1.74 bits per heavy atom. The van der Waals surface area contributed by atoms with Crippen LogP contribution in [-0.2, 0) is 14.8 Å². The van der Waals surface area contributed by atoms with Crippen LogP contribution < -0.4 is 10.0 Å². The van der Waals surface area contributed by atoms with Gasteiger partial charge in [-0.1, -0.05) is 30.0 Å². The standard InChI is InChI=1S/C21H25N5O3S2/c1-13-6-7-15(3)19(10-13)26-16(4)23-24-21(26)30-12-20(27)22-17-9-8-14(2)18(11-17)25-31(5,28)29/h6-11,25H,12H2,1-5H3,(H,22,27). The maximum atomic E-state index is 12.5. The van der Waals surface area contributed by atoms with Crippen molar-refractivity contribution in [3.8, 4) is 5.69 Å². The Labute approximate surface area is 186 Å². The van der Waals surface area contributed by atoms with Gasteiger partial charge in [-0.15, -0.1) is 10.2 Å². The van der Waals surface area contributed by atoms with Crippen molar-refractivity contribution in [2.24, 2.45) is 0 Å². The number of nitrogens with zero attached hydrogens (tertiary/aromatic N) is 3. The Morgan fingerprint density at radius 1 is 1.03 bits per heavy atom. The Hall–Kier alpha value is -2.85. The van der Waals surface area contributed by atoms with Gasteiger partial charge in [-0.3, -0.25) is 14.1 Å². The van der Waals surface area contributed by atoms with E-state index in [1.807, 2.05) is 37.5 Å². The first-order valence-electron chi connectivity index (χ1n) is 9.54. The first-order chi connectivity index (χ1) is 14.5. The molecule has 31 heavy (non-hydrogen) atoms. The molecule has 1 aromatic heterocycles. The average molecular weight is 460 g/mol. The van der Waals surface area contributed by atoms with Crippen LogP contribution in [0.25, 0.3) is 5.69 Å². The first kappa shape index (κ1) is 22.8. The van der Waals surface area contributed by atoms with Crippen molar-refractivity contribution in [3.05, 3.63) is 58.9 Å². The Balaban J connectivity index is 1.73. The molecule has 164 valence electrons. The molecule has 10 heteroatoms. The Kier molecular flexibility index (Phi) is 6.71. The summed E-state index contributed by atoms with van der Waals surface area (Å²) >= 11 is 1.29. The number of nitrogens with one attached hydrogen (secondary N) is 2. The van der Waals surface area contributed by atoms with E-state index >= 15 is 0 Å². The number of carbonyl (C=O) groups excluding carboxylic acids is 1. The molecule has 0 aliphatic rings. The van der Waals surface area contributed by atoms with Crippen molar-refractivity contribution in [1.82, 2.24) is 14.8 Å². The third kappa shape index (κ3) is 5.86. The van der Waals surface area contributed by atoms with Gasteiger partial charge in [0.15, 0.2) is 5.16 Å². The summed E-state index contributed by atoms with van der Waals surface area (Å²) in [4.78, 5) is 12.5. The number of aromatic nitrogens is 3. The fourth-order valence-electron chi connectivity index (χ4n) is 3.01. The van der Waals surface area contributed by atoms with Gasteiger partial charge in [0, 0.05) is 5.69 Å². The summed E-state index contributed by atoms with van der Waals surface area (Å²) in [6.07, 6.45) is 1.09. The van der Waals surface area contributed by atoms with Gasteiger partial charge < -0.3 is 5.32 Å². The lowest BCUT2D eigenvalue weighted by Gasteiger charge is -2.13. The zero-order chi connectivity index (χ0) is 22.8. The van der Waals surface area contributed by atoms with Gasteiger partial charge >= 0.3 is 0 Å². The normalized spacial score (nSPS) is 11.4. The second kappa shape index (κ2) is 9.11. The highest BCUT2D eigenvalue weighted by molar-refractivity contribution is 7.99. The highest BCUT2D eigenvalue weighted by Crippen LogP contribution is 2.26. The van der Waals surface area contributed by atoms with Crippen molar-refractivity contribution in [1.29, 1.82) is 0 Å². The van der Waals surface area contributed by atoms with Gasteiger partial charge in [0.1, 0.15) is 5.82 Å². The maximum absolute atomic E-state index is 12.5. The molecule has 2 aromatic carbocycles. The molecule has 0 fully saturated rings. The molecule has 0 aliphatic carbocycles. The summed E-state index contributed by atoms with van der Waals surface area (Å²) in [6.45, 7) is 7.71. The van der Waals surface area contributed by atoms with E-state index in [9.17, 15) is 13.2 Å². The van der Waals surface area contributed by atoms with E-state index in [1.165, 1.54) is 11.8 Å². The van der Waals surface area contributed by atoms with E-state index in [-0.39, 0.29) is 11.7 Å². The van der Waals surface area contributed by atoms with Crippen LogP contribution in [0, 0.1) is 27.7 Å². The fourth-order valence-corrected chi connectivity index (χ4v) is 4.42. The summed E-state index contributed by atoms with van der Waals surface area (Å²) in [5.74, 6) is 0.644.